The van der Waals surface area contributed by atoms with Crippen molar-refractivity contribution < 1.29 is 4.79 Å². The molecule has 0 radical (unpaired) electrons. The summed E-state index contributed by atoms with van der Waals surface area (Å²) in [5.41, 5.74) is 0.883. The van der Waals surface area contributed by atoms with Gasteiger partial charge in [-0.15, -0.1) is 11.3 Å². The lowest BCUT2D eigenvalue weighted by Gasteiger charge is -2.16. The molecule has 0 bridgehead atoms. The molecular formula is C12H13BrN2OS. The van der Waals surface area contributed by atoms with Gasteiger partial charge in [0.2, 0.25) is 0 Å². The van der Waals surface area contributed by atoms with E-state index in [1.54, 1.807) is 4.90 Å². The zero-order chi connectivity index (χ0) is 12.4. The number of fused-ring (bicyclic) bond motifs is 1. The maximum absolute atomic E-state index is 12.1. The van der Waals surface area contributed by atoms with E-state index < -0.39 is 0 Å². The van der Waals surface area contributed by atoms with Gasteiger partial charge < -0.3 is 4.90 Å². The second-order valence-electron chi connectivity index (χ2n) is 3.61. The number of carbonyl (C=O) groups excluding carboxylic acids is 1. The average Bonchev–Trinajstić information content (AvgIpc) is 2.73. The quantitative estimate of drug-likeness (QED) is 0.868. The second-order valence-corrected chi connectivity index (χ2v) is 5.55. The lowest BCUT2D eigenvalue weighted by Crippen LogP contribution is -2.30. The molecule has 0 saturated heterocycles. The molecule has 0 aliphatic heterocycles. The molecule has 1 heterocycles. The molecule has 0 spiro atoms. The van der Waals surface area contributed by atoms with Crippen molar-refractivity contribution in [1.29, 1.82) is 0 Å². The first-order valence-corrected chi connectivity index (χ1v) is 7.12. The van der Waals surface area contributed by atoms with Crippen LogP contribution < -0.4 is 0 Å². The highest BCUT2D eigenvalue weighted by Gasteiger charge is 2.17. The number of aromatic nitrogens is 1. The van der Waals surface area contributed by atoms with E-state index in [0.717, 1.165) is 27.8 Å². The van der Waals surface area contributed by atoms with Crippen LogP contribution in [0.15, 0.2) is 22.7 Å². The molecule has 17 heavy (non-hydrogen) atoms. The molecule has 90 valence electrons. The molecule has 0 saturated carbocycles. The Hall–Kier alpha value is -0.940. The minimum atomic E-state index is 0.0207. The fourth-order valence-electron chi connectivity index (χ4n) is 1.64. The number of thiazole rings is 1. The van der Waals surface area contributed by atoms with E-state index in [2.05, 4.69) is 20.9 Å². The van der Waals surface area contributed by atoms with Gasteiger partial charge in [-0.25, -0.2) is 4.98 Å². The first-order chi connectivity index (χ1) is 8.15. The minimum absolute atomic E-state index is 0.0207. The fourth-order valence-corrected chi connectivity index (χ4v) is 3.12. The van der Waals surface area contributed by atoms with Crippen molar-refractivity contribution in [1.82, 2.24) is 9.88 Å². The van der Waals surface area contributed by atoms with Crippen LogP contribution in [0.4, 0.5) is 0 Å². The van der Waals surface area contributed by atoms with Crippen molar-refractivity contribution in [3.05, 3.63) is 27.7 Å². The molecule has 1 aromatic carbocycles. The molecule has 3 nitrogen and oxygen atoms in total. The molecule has 0 unspecified atom stereocenters. The molecule has 1 amide bonds. The lowest BCUT2D eigenvalue weighted by molar-refractivity contribution is 0.0773. The van der Waals surface area contributed by atoms with E-state index in [-0.39, 0.29) is 5.91 Å². The van der Waals surface area contributed by atoms with Crippen molar-refractivity contribution in [2.75, 3.05) is 13.1 Å². The number of benzene rings is 1. The summed E-state index contributed by atoms with van der Waals surface area (Å²) in [5, 5.41) is 0.571. The molecular weight excluding hydrogens is 300 g/mol. The fraction of sp³-hybridized carbons (Fsp3) is 0.333. The van der Waals surface area contributed by atoms with Gasteiger partial charge >= 0.3 is 0 Å². The van der Waals surface area contributed by atoms with Crippen molar-refractivity contribution in [3.63, 3.8) is 0 Å². The summed E-state index contributed by atoms with van der Waals surface area (Å²) in [5.74, 6) is 0.0207. The van der Waals surface area contributed by atoms with E-state index in [1.807, 2.05) is 32.0 Å². The van der Waals surface area contributed by atoms with Gasteiger partial charge in [-0.1, -0.05) is 15.9 Å². The Morgan fingerprint density at radius 3 is 2.76 bits per heavy atom. The highest BCUT2D eigenvalue weighted by atomic mass is 79.9. The van der Waals surface area contributed by atoms with Crippen LogP contribution in [0.25, 0.3) is 10.2 Å². The second kappa shape index (κ2) is 5.14. The molecule has 2 rings (SSSR count). The molecule has 1 aromatic heterocycles. The molecule has 2 aromatic rings. The highest BCUT2D eigenvalue weighted by Crippen LogP contribution is 2.26. The normalized spacial score (nSPS) is 10.8. The summed E-state index contributed by atoms with van der Waals surface area (Å²) in [6.45, 7) is 5.39. The Bertz CT molecular complexity index is 548. The zero-order valence-corrected chi connectivity index (χ0v) is 12.1. The van der Waals surface area contributed by atoms with E-state index in [9.17, 15) is 4.79 Å². The summed E-state index contributed by atoms with van der Waals surface area (Å²) in [6, 6.07) is 5.86. The van der Waals surface area contributed by atoms with Gasteiger partial charge in [0, 0.05) is 17.6 Å². The molecule has 0 atom stereocenters. The topological polar surface area (TPSA) is 33.2 Å². The number of amides is 1. The Balaban J connectivity index is 2.39. The Labute approximate surface area is 113 Å². The molecule has 5 heteroatoms. The summed E-state index contributed by atoms with van der Waals surface area (Å²) >= 11 is 4.86. The maximum Gasteiger partial charge on any atom is 0.282 e. The predicted molar refractivity (Wildman–Crippen MR) is 74.6 cm³/mol. The Morgan fingerprint density at radius 1 is 1.41 bits per heavy atom. The van der Waals surface area contributed by atoms with Crippen molar-refractivity contribution >= 4 is 43.4 Å². The van der Waals surface area contributed by atoms with Crippen LogP contribution in [-0.4, -0.2) is 28.9 Å². The lowest BCUT2D eigenvalue weighted by atomic mass is 10.3. The largest absolute Gasteiger partial charge is 0.337 e. The number of rotatable bonds is 3. The molecule has 0 fully saturated rings. The third-order valence-corrected chi connectivity index (χ3v) is 4.08. The van der Waals surface area contributed by atoms with E-state index in [4.69, 9.17) is 0 Å². The van der Waals surface area contributed by atoms with Crippen LogP contribution in [-0.2, 0) is 0 Å². The van der Waals surface area contributed by atoms with Crippen molar-refractivity contribution in [3.8, 4) is 0 Å². The maximum atomic E-state index is 12.1. The van der Waals surface area contributed by atoms with Gasteiger partial charge in [0.1, 0.15) is 0 Å². The predicted octanol–water partition coefficient (Wildman–Crippen LogP) is 3.54. The Morgan fingerprint density at radius 2 is 2.12 bits per heavy atom. The summed E-state index contributed by atoms with van der Waals surface area (Å²) in [7, 11) is 0. The van der Waals surface area contributed by atoms with Crippen molar-refractivity contribution in [2.45, 2.75) is 13.8 Å². The third-order valence-electron chi connectivity index (χ3n) is 2.58. The first-order valence-electron chi connectivity index (χ1n) is 5.51. The van der Waals surface area contributed by atoms with E-state index in [1.165, 1.54) is 11.3 Å². The van der Waals surface area contributed by atoms with E-state index in [0.29, 0.717) is 5.01 Å². The first kappa shape index (κ1) is 12.5. The monoisotopic (exact) mass is 312 g/mol. The van der Waals surface area contributed by atoms with Crippen molar-refractivity contribution in [2.24, 2.45) is 0 Å². The summed E-state index contributed by atoms with van der Waals surface area (Å²) in [6.07, 6.45) is 0. The third kappa shape index (κ3) is 2.50. The van der Waals surface area contributed by atoms with Crippen LogP contribution >= 0.6 is 27.3 Å². The minimum Gasteiger partial charge on any atom is -0.337 e. The van der Waals surface area contributed by atoms with Crippen LogP contribution in [0.3, 0.4) is 0 Å². The highest BCUT2D eigenvalue weighted by molar-refractivity contribution is 9.10. The number of halogens is 1. The van der Waals surface area contributed by atoms with Gasteiger partial charge in [0.25, 0.3) is 5.91 Å². The van der Waals surface area contributed by atoms with Crippen LogP contribution in [0.5, 0.6) is 0 Å². The number of hydrogen-bond acceptors (Lipinski definition) is 3. The van der Waals surface area contributed by atoms with Gasteiger partial charge in [0.05, 0.1) is 10.2 Å². The van der Waals surface area contributed by atoms with Gasteiger partial charge in [-0.05, 0) is 32.0 Å². The molecule has 0 aliphatic rings. The van der Waals surface area contributed by atoms with Gasteiger partial charge in [-0.2, -0.15) is 0 Å². The van der Waals surface area contributed by atoms with E-state index >= 15 is 0 Å². The standard InChI is InChI=1S/C12H13BrN2OS/c1-3-15(4-2)12(16)11-14-9-6-5-8(13)7-10(9)17-11/h5-7H,3-4H2,1-2H3. The Kier molecular flexibility index (Phi) is 3.79. The summed E-state index contributed by atoms with van der Waals surface area (Å²) in [4.78, 5) is 18.3. The smallest absolute Gasteiger partial charge is 0.282 e. The number of carbonyl (C=O) groups is 1. The number of nitrogens with zero attached hydrogens (tertiary/aromatic N) is 2. The van der Waals surface area contributed by atoms with Gasteiger partial charge in [0.15, 0.2) is 5.01 Å². The average molecular weight is 313 g/mol. The molecule has 0 N–H and O–H groups in total. The zero-order valence-electron chi connectivity index (χ0n) is 9.74. The van der Waals surface area contributed by atoms with Gasteiger partial charge in [-0.3, -0.25) is 4.79 Å². The van der Waals surface area contributed by atoms with Crippen LogP contribution in [0, 0.1) is 0 Å². The summed E-state index contributed by atoms with van der Waals surface area (Å²) < 4.78 is 2.05. The molecule has 0 aliphatic carbocycles. The number of hydrogen-bond donors (Lipinski definition) is 0. The van der Waals surface area contributed by atoms with Crippen LogP contribution in [0.2, 0.25) is 0 Å². The van der Waals surface area contributed by atoms with Crippen LogP contribution in [0.1, 0.15) is 23.6 Å². The SMILES string of the molecule is CCN(CC)C(=O)c1nc2ccc(Br)cc2s1.